The first kappa shape index (κ1) is 33.1. The number of nitrogens with zero attached hydrogens (tertiary/aromatic N) is 1. The van der Waals surface area contributed by atoms with Crippen molar-refractivity contribution in [3.63, 3.8) is 0 Å². The number of rotatable bonds is 3. The van der Waals surface area contributed by atoms with Gasteiger partial charge in [0.15, 0.2) is 0 Å². The largest absolute Gasteiger partial charge is 0.506 e. The first-order valence-corrected chi connectivity index (χ1v) is 21.6. The van der Waals surface area contributed by atoms with Gasteiger partial charge in [0.05, 0.1) is 22.2 Å². The van der Waals surface area contributed by atoms with E-state index in [4.69, 9.17) is 4.99 Å². The summed E-state index contributed by atoms with van der Waals surface area (Å²) in [6.45, 7) is 0. The van der Waals surface area contributed by atoms with E-state index in [1.807, 2.05) is 0 Å². The monoisotopic (exact) mass is 718 g/mol. The van der Waals surface area contributed by atoms with E-state index in [2.05, 4.69) is 76.6 Å². The molecular formula is C48H54N4O2. The number of aliphatic hydroxyl groups is 1. The number of carbonyl (C=O) groups excluding carboxylic acids is 1. The van der Waals surface area contributed by atoms with E-state index in [0.717, 1.165) is 74.0 Å². The lowest BCUT2D eigenvalue weighted by Gasteiger charge is -2.52. The first-order chi connectivity index (χ1) is 26.5. The van der Waals surface area contributed by atoms with Crippen LogP contribution in [0.4, 0.5) is 17.1 Å². The standard InChI is InChI=1S/C48H54N4O2/c53-45-41(33-25-23-31-17-11-21-37-39(31)43(33)51-47(49-37)27-9-7-19-35(47)29-13-3-1-4-14-29)46(54)42(45)34-26-24-32-18-12-22-38-40(32)44(34)52-48(50-38)28-10-8-20-36(48)30-15-5-2-6-16-30/h11-12,17-18,21-26,29-30,35-36,49-51,53H,1-10,13-16,19-20,27-28H2/b42-34-. The molecule has 4 atom stereocenters. The zero-order valence-electron chi connectivity index (χ0n) is 31.6. The highest BCUT2D eigenvalue weighted by molar-refractivity contribution is 6.52. The Labute approximate surface area is 318 Å². The van der Waals surface area contributed by atoms with Crippen molar-refractivity contribution < 1.29 is 9.90 Å². The molecule has 0 aromatic heterocycles. The molecule has 4 N–H and O–H groups in total. The summed E-state index contributed by atoms with van der Waals surface area (Å²) in [5.74, 6) is 2.38. The number of allylic oxidation sites excluding steroid dienone is 2. The van der Waals surface area contributed by atoms with Gasteiger partial charge in [0.25, 0.3) is 0 Å². The number of carbonyl (C=O) groups is 1. The summed E-state index contributed by atoms with van der Waals surface area (Å²) in [4.78, 5) is 20.5. The molecule has 2 spiro atoms. The van der Waals surface area contributed by atoms with Crippen LogP contribution in [-0.2, 0) is 4.79 Å². The molecule has 6 heteroatoms. The molecule has 4 unspecified atom stereocenters. The van der Waals surface area contributed by atoms with Crippen molar-refractivity contribution in [2.45, 2.75) is 127 Å². The second-order valence-electron chi connectivity index (χ2n) is 18.1. The molecule has 54 heavy (non-hydrogen) atoms. The number of anilines is 3. The van der Waals surface area contributed by atoms with Gasteiger partial charge in [-0.15, -0.1) is 0 Å². The van der Waals surface area contributed by atoms with Crippen LogP contribution in [0.3, 0.4) is 0 Å². The average Bonchev–Trinajstić information content (AvgIpc) is 3.21. The normalized spacial score (nSPS) is 30.9. The van der Waals surface area contributed by atoms with Crippen molar-refractivity contribution in [2.75, 3.05) is 16.0 Å². The van der Waals surface area contributed by atoms with Gasteiger partial charge in [-0.1, -0.05) is 126 Å². The van der Waals surface area contributed by atoms with Gasteiger partial charge in [-0.2, -0.15) is 0 Å². The van der Waals surface area contributed by atoms with E-state index in [-0.39, 0.29) is 22.9 Å². The summed E-state index contributed by atoms with van der Waals surface area (Å²) in [5.41, 5.74) is 4.30. The molecule has 2 heterocycles. The molecule has 0 amide bonds. The van der Waals surface area contributed by atoms with Gasteiger partial charge < -0.3 is 21.1 Å². The molecule has 6 nitrogen and oxygen atoms in total. The number of Topliss-reactive ketones (excluding diaryl/α,β-unsaturated/α-hetero) is 1. The maximum absolute atomic E-state index is 14.8. The minimum Gasteiger partial charge on any atom is -0.506 e. The van der Waals surface area contributed by atoms with Gasteiger partial charge in [-0.25, -0.2) is 0 Å². The van der Waals surface area contributed by atoms with E-state index >= 15 is 0 Å². The fourth-order valence-electron chi connectivity index (χ4n) is 12.8. The molecule has 5 aliphatic carbocycles. The first-order valence-electron chi connectivity index (χ1n) is 21.6. The van der Waals surface area contributed by atoms with Crippen molar-refractivity contribution in [3.8, 4) is 0 Å². The maximum Gasteiger partial charge on any atom is 0.201 e. The molecule has 0 bridgehead atoms. The summed E-state index contributed by atoms with van der Waals surface area (Å²) < 4.78 is 0. The summed E-state index contributed by atoms with van der Waals surface area (Å²) in [6, 6.07) is 21.4. The van der Waals surface area contributed by atoms with Crippen LogP contribution in [-0.4, -0.2) is 22.2 Å². The Bertz CT molecular complexity index is 2370. The number of nitrogens with one attached hydrogen (secondary N) is 3. The molecule has 278 valence electrons. The summed E-state index contributed by atoms with van der Waals surface area (Å²) in [6.07, 6.45) is 22.5. The van der Waals surface area contributed by atoms with Crippen LogP contribution < -0.4 is 26.5 Å². The number of aliphatic hydroxyl groups excluding tert-OH is 1. The zero-order valence-corrected chi connectivity index (χ0v) is 31.6. The third-order valence-electron chi connectivity index (χ3n) is 15.2. The molecule has 0 saturated heterocycles. The van der Waals surface area contributed by atoms with Crippen LogP contribution in [0.1, 0.15) is 121 Å². The van der Waals surface area contributed by atoms with Crippen LogP contribution >= 0.6 is 0 Å². The van der Waals surface area contributed by atoms with Gasteiger partial charge in [0.1, 0.15) is 17.1 Å². The second-order valence-corrected chi connectivity index (χ2v) is 18.1. The summed E-state index contributed by atoms with van der Waals surface area (Å²) >= 11 is 0. The molecule has 4 saturated carbocycles. The number of benzene rings is 4. The van der Waals surface area contributed by atoms with Gasteiger partial charge in [-0.3, -0.25) is 9.79 Å². The Morgan fingerprint density at radius 1 is 0.593 bits per heavy atom. The zero-order chi connectivity index (χ0) is 36.0. The maximum atomic E-state index is 14.8. The quantitative estimate of drug-likeness (QED) is 0.169. The number of hydrogen-bond acceptors (Lipinski definition) is 6. The van der Waals surface area contributed by atoms with E-state index in [0.29, 0.717) is 34.8 Å². The van der Waals surface area contributed by atoms with Crippen molar-refractivity contribution in [3.05, 3.63) is 82.6 Å². The lowest BCUT2D eigenvalue weighted by Crippen LogP contribution is -2.58. The summed E-state index contributed by atoms with van der Waals surface area (Å²) in [7, 11) is 0. The van der Waals surface area contributed by atoms with E-state index in [1.54, 1.807) is 0 Å². The third kappa shape index (κ3) is 4.90. The van der Waals surface area contributed by atoms with Crippen molar-refractivity contribution >= 4 is 55.5 Å². The van der Waals surface area contributed by atoms with Gasteiger partial charge in [0, 0.05) is 44.8 Å². The highest BCUT2D eigenvalue weighted by Crippen LogP contribution is 2.53. The predicted molar refractivity (Wildman–Crippen MR) is 220 cm³/mol. The predicted octanol–water partition coefficient (Wildman–Crippen LogP) is 10.5. The number of ketones is 1. The molecule has 2 aliphatic heterocycles. The van der Waals surface area contributed by atoms with Crippen LogP contribution in [0.15, 0.2) is 71.4 Å². The lowest BCUT2D eigenvalue weighted by atomic mass is 9.66. The van der Waals surface area contributed by atoms with Crippen LogP contribution in [0.2, 0.25) is 0 Å². The smallest absolute Gasteiger partial charge is 0.201 e. The van der Waals surface area contributed by atoms with E-state index < -0.39 is 0 Å². The minimum absolute atomic E-state index is 0.0780. The molecule has 0 radical (unpaired) electrons. The Morgan fingerprint density at radius 3 is 1.96 bits per heavy atom. The van der Waals surface area contributed by atoms with Gasteiger partial charge in [-0.05, 0) is 73.3 Å². The fourth-order valence-corrected chi connectivity index (χ4v) is 12.8. The lowest BCUT2D eigenvalue weighted by molar-refractivity contribution is -0.109. The van der Waals surface area contributed by atoms with E-state index in [9.17, 15) is 9.90 Å². The van der Waals surface area contributed by atoms with Crippen LogP contribution in [0, 0.1) is 23.7 Å². The summed E-state index contributed by atoms with van der Waals surface area (Å²) in [5, 5.41) is 30.6. The van der Waals surface area contributed by atoms with E-state index in [1.165, 1.54) is 96.3 Å². The number of hydrogen-bond donors (Lipinski definition) is 4. The molecule has 7 aliphatic rings. The Hall–Kier alpha value is -4.32. The molecule has 4 aromatic carbocycles. The highest BCUT2D eigenvalue weighted by Gasteiger charge is 2.49. The van der Waals surface area contributed by atoms with Gasteiger partial charge >= 0.3 is 0 Å². The Balaban J connectivity index is 1.08. The van der Waals surface area contributed by atoms with Crippen molar-refractivity contribution in [1.82, 2.24) is 0 Å². The van der Waals surface area contributed by atoms with Crippen LogP contribution in [0.5, 0.6) is 0 Å². The molecule has 4 aromatic rings. The average molecular weight is 719 g/mol. The minimum atomic E-state index is -0.383. The Kier molecular flexibility index (Phi) is 7.72. The molecule has 4 fully saturated rings. The van der Waals surface area contributed by atoms with Gasteiger partial charge in [0.2, 0.25) is 5.78 Å². The second kappa shape index (κ2) is 12.6. The fraction of sp³-hybridized carbons (Fsp3) is 0.500. The van der Waals surface area contributed by atoms with Crippen LogP contribution in [0.25, 0.3) is 32.7 Å². The van der Waals surface area contributed by atoms with Crippen molar-refractivity contribution in [1.29, 1.82) is 0 Å². The van der Waals surface area contributed by atoms with Crippen molar-refractivity contribution in [2.24, 2.45) is 28.7 Å². The third-order valence-corrected chi connectivity index (χ3v) is 15.2. The molecule has 11 rings (SSSR count). The SMILES string of the molecule is O=C1C(c2ccc3cccc4c3c2NC2(CCCCC2C2CCCCC2)N4)=C(O)/C1=c1\ccc2cccc3c2c1=NC1(CCCCC1C1CCCCC1)N3. The topological polar surface area (TPSA) is 85.8 Å². The highest BCUT2D eigenvalue weighted by atomic mass is 16.3. The molecular weight excluding hydrogens is 665 g/mol. The Morgan fingerprint density at radius 2 is 1.22 bits per heavy atom.